The van der Waals surface area contributed by atoms with Gasteiger partial charge in [0.15, 0.2) is 5.82 Å². The number of hydrogen-bond donors (Lipinski definition) is 1. The highest BCUT2D eigenvalue weighted by Crippen LogP contribution is 2.40. The standard InChI is InChI=1S/C21H28N4O4/c1-2-27-11-5-10-22-21(26)25-17-7-4-3-6-16(17)14-18(25)19-23-20(29-24-19)15-8-12-28-13-9-15/h3-4,6-7,15,18H,2,5,8-14H2,1H3,(H,22,26). The average Bonchev–Trinajstić information content (AvgIpc) is 3.39. The van der Waals surface area contributed by atoms with Crippen molar-refractivity contribution in [1.29, 1.82) is 0 Å². The topological polar surface area (TPSA) is 89.7 Å². The Morgan fingerprint density at radius 1 is 1.31 bits per heavy atom. The second-order valence-electron chi connectivity index (χ2n) is 7.38. The number of benzene rings is 1. The van der Waals surface area contributed by atoms with Gasteiger partial charge in [-0.2, -0.15) is 4.98 Å². The zero-order chi connectivity index (χ0) is 20.1. The van der Waals surface area contributed by atoms with Gasteiger partial charge in [-0.05, 0) is 37.8 Å². The van der Waals surface area contributed by atoms with Crippen LogP contribution < -0.4 is 10.2 Å². The van der Waals surface area contributed by atoms with E-state index in [1.807, 2.05) is 31.2 Å². The molecule has 0 saturated carbocycles. The summed E-state index contributed by atoms with van der Waals surface area (Å²) in [6, 6.07) is 7.53. The average molecular weight is 400 g/mol. The molecule has 1 aromatic heterocycles. The molecule has 29 heavy (non-hydrogen) atoms. The fraction of sp³-hybridized carbons (Fsp3) is 0.571. The van der Waals surface area contributed by atoms with Crippen molar-refractivity contribution in [3.8, 4) is 0 Å². The van der Waals surface area contributed by atoms with Crippen LogP contribution in [0.3, 0.4) is 0 Å². The molecule has 1 atom stereocenters. The van der Waals surface area contributed by atoms with E-state index in [4.69, 9.17) is 14.0 Å². The largest absolute Gasteiger partial charge is 0.382 e. The number of urea groups is 1. The van der Waals surface area contributed by atoms with Gasteiger partial charge in [0.2, 0.25) is 5.89 Å². The van der Waals surface area contributed by atoms with Gasteiger partial charge in [0.1, 0.15) is 6.04 Å². The van der Waals surface area contributed by atoms with Crippen molar-refractivity contribution >= 4 is 11.7 Å². The Labute approximate surface area is 170 Å². The van der Waals surface area contributed by atoms with E-state index in [-0.39, 0.29) is 18.0 Å². The molecule has 8 heteroatoms. The van der Waals surface area contributed by atoms with Crippen LogP contribution in [0.2, 0.25) is 0 Å². The van der Waals surface area contributed by atoms with Crippen LogP contribution in [0.5, 0.6) is 0 Å². The highest BCUT2D eigenvalue weighted by atomic mass is 16.5. The molecule has 0 radical (unpaired) electrons. The van der Waals surface area contributed by atoms with Gasteiger partial charge in [-0.1, -0.05) is 23.4 Å². The van der Waals surface area contributed by atoms with E-state index in [1.165, 1.54) is 0 Å². The van der Waals surface area contributed by atoms with E-state index in [1.54, 1.807) is 4.90 Å². The van der Waals surface area contributed by atoms with Gasteiger partial charge in [0.25, 0.3) is 0 Å². The second kappa shape index (κ2) is 9.37. The van der Waals surface area contributed by atoms with Crippen LogP contribution >= 0.6 is 0 Å². The smallest absolute Gasteiger partial charge is 0.322 e. The number of rotatable bonds is 7. The molecule has 2 aliphatic rings. The minimum absolute atomic E-state index is 0.145. The minimum atomic E-state index is -0.267. The number of aromatic nitrogens is 2. The van der Waals surface area contributed by atoms with E-state index in [2.05, 4.69) is 15.5 Å². The van der Waals surface area contributed by atoms with Crippen molar-refractivity contribution in [3.63, 3.8) is 0 Å². The molecule has 1 N–H and O–H groups in total. The van der Waals surface area contributed by atoms with Gasteiger partial charge < -0.3 is 19.3 Å². The van der Waals surface area contributed by atoms with Crippen molar-refractivity contribution in [2.45, 2.75) is 44.6 Å². The summed E-state index contributed by atoms with van der Waals surface area (Å²) < 4.78 is 16.3. The molecule has 8 nitrogen and oxygen atoms in total. The molecule has 1 aromatic carbocycles. The predicted molar refractivity (Wildman–Crippen MR) is 107 cm³/mol. The van der Waals surface area contributed by atoms with Crippen LogP contribution in [0.1, 0.15) is 55.4 Å². The Morgan fingerprint density at radius 2 is 2.14 bits per heavy atom. The zero-order valence-corrected chi connectivity index (χ0v) is 16.8. The first-order valence-electron chi connectivity index (χ1n) is 10.4. The molecule has 1 fully saturated rings. The summed E-state index contributed by atoms with van der Waals surface area (Å²) in [5.74, 6) is 1.44. The Morgan fingerprint density at radius 3 is 2.97 bits per heavy atom. The number of nitrogens with zero attached hydrogens (tertiary/aromatic N) is 3. The number of carbonyl (C=O) groups excluding carboxylic acids is 1. The molecule has 1 saturated heterocycles. The molecule has 2 amide bonds. The molecule has 0 bridgehead atoms. The Balaban J connectivity index is 1.49. The van der Waals surface area contributed by atoms with E-state index in [0.717, 1.165) is 30.5 Å². The summed E-state index contributed by atoms with van der Waals surface area (Å²) in [5.41, 5.74) is 2.01. The normalized spacial score (nSPS) is 19.3. The lowest BCUT2D eigenvalue weighted by molar-refractivity contribution is 0.0778. The molecular weight excluding hydrogens is 372 g/mol. The van der Waals surface area contributed by atoms with Crippen LogP contribution in [0.15, 0.2) is 28.8 Å². The molecule has 0 spiro atoms. The highest BCUT2D eigenvalue weighted by molar-refractivity contribution is 5.95. The van der Waals surface area contributed by atoms with Gasteiger partial charge in [0.05, 0.1) is 0 Å². The van der Waals surface area contributed by atoms with Crippen LogP contribution in [-0.2, 0) is 15.9 Å². The molecule has 1 unspecified atom stereocenters. The van der Waals surface area contributed by atoms with Gasteiger partial charge in [-0.3, -0.25) is 4.90 Å². The predicted octanol–water partition coefficient (Wildman–Crippen LogP) is 3.20. The lowest BCUT2D eigenvalue weighted by atomic mass is 10.0. The molecular formula is C21H28N4O4. The Bertz CT molecular complexity index is 819. The number of carbonyl (C=O) groups is 1. The maximum Gasteiger partial charge on any atom is 0.322 e. The van der Waals surface area contributed by atoms with Crippen LogP contribution in [0.25, 0.3) is 0 Å². The quantitative estimate of drug-likeness (QED) is 0.718. The molecule has 156 valence electrons. The minimum Gasteiger partial charge on any atom is -0.382 e. The number of amides is 2. The van der Waals surface area contributed by atoms with Crippen molar-refractivity contribution in [2.24, 2.45) is 0 Å². The SMILES string of the molecule is CCOCCCNC(=O)N1c2ccccc2CC1c1noc(C2CCOCC2)n1. The summed E-state index contributed by atoms with van der Waals surface area (Å²) in [6.07, 6.45) is 3.22. The summed E-state index contributed by atoms with van der Waals surface area (Å²) >= 11 is 0. The van der Waals surface area contributed by atoms with Crippen molar-refractivity contribution < 1.29 is 18.8 Å². The number of hydrogen-bond acceptors (Lipinski definition) is 6. The van der Waals surface area contributed by atoms with E-state index in [9.17, 15) is 4.79 Å². The van der Waals surface area contributed by atoms with Crippen molar-refractivity contribution in [1.82, 2.24) is 15.5 Å². The van der Waals surface area contributed by atoms with E-state index in [0.29, 0.717) is 51.1 Å². The third-order valence-electron chi connectivity index (χ3n) is 5.47. The lowest BCUT2D eigenvalue weighted by Crippen LogP contribution is -2.41. The number of fused-ring (bicyclic) bond motifs is 1. The number of anilines is 1. The second-order valence-corrected chi connectivity index (χ2v) is 7.38. The fourth-order valence-corrected chi connectivity index (χ4v) is 3.94. The first-order valence-corrected chi connectivity index (χ1v) is 10.4. The zero-order valence-electron chi connectivity index (χ0n) is 16.8. The molecule has 4 rings (SSSR count). The maximum absolute atomic E-state index is 13.0. The fourth-order valence-electron chi connectivity index (χ4n) is 3.94. The van der Waals surface area contributed by atoms with E-state index < -0.39 is 0 Å². The van der Waals surface area contributed by atoms with Crippen molar-refractivity contribution in [3.05, 3.63) is 41.5 Å². The third kappa shape index (κ3) is 4.43. The Kier molecular flexibility index (Phi) is 6.41. The molecule has 2 aromatic rings. The maximum atomic E-state index is 13.0. The Hall–Kier alpha value is -2.45. The first kappa shape index (κ1) is 19.8. The van der Waals surface area contributed by atoms with Gasteiger partial charge in [-0.15, -0.1) is 0 Å². The van der Waals surface area contributed by atoms with Gasteiger partial charge >= 0.3 is 6.03 Å². The summed E-state index contributed by atoms with van der Waals surface area (Å²) in [4.78, 5) is 19.4. The van der Waals surface area contributed by atoms with Crippen LogP contribution in [0.4, 0.5) is 10.5 Å². The molecule has 2 aliphatic heterocycles. The third-order valence-corrected chi connectivity index (χ3v) is 5.47. The summed E-state index contributed by atoms with van der Waals surface area (Å²) in [7, 11) is 0. The first-order chi connectivity index (χ1) is 14.3. The monoisotopic (exact) mass is 400 g/mol. The van der Waals surface area contributed by atoms with E-state index >= 15 is 0 Å². The van der Waals surface area contributed by atoms with Gasteiger partial charge in [0, 0.05) is 51.0 Å². The number of nitrogens with one attached hydrogen (secondary N) is 1. The number of ether oxygens (including phenoxy) is 2. The number of para-hydroxylation sites is 1. The summed E-state index contributed by atoms with van der Waals surface area (Å²) in [5, 5.41) is 7.24. The molecule has 3 heterocycles. The molecule has 0 aliphatic carbocycles. The highest BCUT2D eigenvalue weighted by Gasteiger charge is 2.38. The lowest BCUT2D eigenvalue weighted by Gasteiger charge is -2.24. The van der Waals surface area contributed by atoms with Crippen molar-refractivity contribution in [2.75, 3.05) is 37.9 Å². The summed E-state index contributed by atoms with van der Waals surface area (Å²) in [6.45, 7) is 5.27. The van der Waals surface area contributed by atoms with Gasteiger partial charge in [-0.25, -0.2) is 4.79 Å². The van der Waals surface area contributed by atoms with Crippen LogP contribution in [0, 0.1) is 0 Å². The van der Waals surface area contributed by atoms with Crippen LogP contribution in [-0.4, -0.2) is 49.1 Å².